The molecule has 2 aromatic heterocycles. The number of fused-ring (bicyclic) bond motifs is 1. The number of benzene rings is 1. The number of nitrogens with zero attached hydrogens (tertiary/aromatic N) is 3. The number of thioether (sulfide) groups is 1. The van der Waals surface area contributed by atoms with Gasteiger partial charge in [-0.2, -0.15) is 13.2 Å². The molecule has 0 fully saturated rings. The number of hydrogen-bond donors (Lipinski definition) is 0. The molecule has 28 heavy (non-hydrogen) atoms. The van der Waals surface area contributed by atoms with Gasteiger partial charge in [-0.25, -0.2) is 4.98 Å². The molecule has 1 amide bonds. The number of halogens is 3. The van der Waals surface area contributed by atoms with E-state index in [1.807, 2.05) is 0 Å². The number of amides is 1. The summed E-state index contributed by atoms with van der Waals surface area (Å²) in [5, 5.41) is 1.78. The molecule has 0 bridgehead atoms. The number of aromatic nitrogens is 2. The Morgan fingerprint density at radius 3 is 2.68 bits per heavy atom. The van der Waals surface area contributed by atoms with Crippen molar-refractivity contribution in [3.8, 4) is 0 Å². The summed E-state index contributed by atoms with van der Waals surface area (Å²) in [5.74, 6) is 0.449. The van der Waals surface area contributed by atoms with Gasteiger partial charge in [0.25, 0.3) is 5.56 Å². The molecule has 148 valence electrons. The maximum atomic E-state index is 12.6. The molecule has 3 aromatic rings. The quantitative estimate of drug-likeness (QED) is 0.603. The topological polar surface area (TPSA) is 54.7 Å². The van der Waals surface area contributed by atoms with Crippen molar-refractivity contribution in [2.75, 3.05) is 12.8 Å². The van der Waals surface area contributed by atoms with Crippen molar-refractivity contribution >= 4 is 34.0 Å². The largest absolute Gasteiger partial charge is 0.416 e. The highest BCUT2D eigenvalue weighted by Crippen LogP contribution is 2.29. The van der Waals surface area contributed by atoms with Crippen molar-refractivity contribution in [1.29, 1.82) is 0 Å². The number of alkyl halides is 3. The number of carbonyl (C=O) groups excluding carboxylic acids is 1. The predicted molar refractivity (Wildman–Crippen MR) is 103 cm³/mol. The summed E-state index contributed by atoms with van der Waals surface area (Å²) in [5.41, 5.74) is 0.349. The molecule has 1 aromatic carbocycles. The van der Waals surface area contributed by atoms with Gasteiger partial charge in [-0.05, 0) is 17.7 Å². The summed E-state index contributed by atoms with van der Waals surface area (Å²) in [7, 11) is 1.60. The fraction of sp³-hybridized carbons (Fsp3) is 0.278. The number of carbonyl (C=O) groups is 1. The van der Waals surface area contributed by atoms with Gasteiger partial charge in [-0.15, -0.1) is 23.1 Å². The van der Waals surface area contributed by atoms with Crippen molar-refractivity contribution in [2.24, 2.45) is 0 Å². The highest BCUT2D eigenvalue weighted by Gasteiger charge is 2.29. The summed E-state index contributed by atoms with van der Waals surface area (Å²) in [6.07, 6.45) is -2.72. The first-order valence-corrected chi connectivity index (χ1v) is 10.2. The molecule has 0 spiro atoms. The third-order valence-corrected chi connectivity index (χ3v) is 5.67. The van der Waals surface area contributed by atoms with Crippen LogP contribution in [0.3, 0.4) is 0 Å². The minimum Gasteiger partial charge on any atom is -0.341 e. The van der Waals surface area contributed by atoms with Gasteiger partial charge in [-0.1, -0.05) is 12.1 Å². The van der Waals surface area contributed by atoms with E-state index in [1.54, 1.807) is 18.6 Å². The zero-order valence-corrected chi connectivity index (χ0v) is 16.4. The third kappa shape index (κ3) is 4.93. The van der Waals surface area contributed by atoms with E-state index >= 15 is 0 Å². The van der Waals surface area contributed by atoms with Crippen molar-refractivity contribution in [2.45, 2.75) is 18.5 Å². The van der Waals surface area contributed by atoms with Gasteiger partial charge in [0.15, 0.2) is 4.96 Å². The molecule has 0 aliphatic heterocycles. The Morgan fingerprint density at radius 1 is 1.29 bits per heavy atom. The monoisotopic (exact) mass is 427 g/mol. The van der Waals surface area contributed by atoms with E-state index in [-0.39, 0.29) is 23.8 Å². The standard InChI is InChI=1S/C18H16F3N3O2S2/c1-23(9-12-2-4-13(5-3-12)18(19,20)21)16(26)11-27-10-14-8-15(25)24-6-7-28-17(24)22-14/h2-8H,9-11H2,1H3. The lowest BCUT2D eigenvalue weighted by molar-refractivity contribution is -0.137. The van der Waals surface area contributed by atoms with Crippen molar-refractivity contribution < 1.29 is 18.0 Å². The zero-order chi connectivity index (χ0) is 20.3. The summed E-state index contributed by atoms with van der Waals surface area (Å²) < 4.78 is 39.2. The van der Waals surface area contributed by atoms with Crippen LogP contribution >= 0.6 is 23.1 Å². The second-order valence-electron chi connectivity index (χ2n) is 6.08. The van der Waals surface area contributed by atoms with E-state index in [1.165, 1.54) is 50.6 Å². The molecule has 0 aliphatic rings. The Labute approximate surface area is 166 Å². The number of hydrogen-bond acceptors (Lipinski definition) is 5. The van der Waals surface area contributed by atoms with E-state index in [0.29, 0.717) is 22.0 Å². The molecule has 3 rings (SSSR count). The van der Waals surface area contributed by atoms with E-state index in [0.717, 1.165) is 12.1 Å². The van der Waals surface area contributed by atoms with Crippen LogP contribution in [-0.2, 0) is 23.3 Å². The summed E-state index contributed by atoms with van der Waals surface area (Å²) >= 11 is 2.69. The predicted octanol–water partition coefficient (Wildman–Crippen LogP) is 3.67. The number of rotatable bonds is 6. The first kappa shape index (κ1) is 20.4. The van der Waals surface area contributed by atoms with Crippen LogP contribution in [0.4, 0.5) is 13.2 Å². The van der Waals surface area contributed by atoms with Crippen LogP contribution in [0.15, 0.2) is 46.7 Å². The molecule has 5 nitrogen and oxygen atoms in total. The van der Waals surface area contributed by atoms with E-state index in [4.69, 9.17) is 0 Å². The Hall–Kier alpha value is -2.33. The highest BCUT2D eigenvalue weighted by atomic mass is 32.2. The fourth-order valence-corrected chi connectivity index (χ4v) is 4.07. The minimum absolute atomic E-state index is 0.154. The summed E-state index contributed by atoms with van der Waals surface area (Å²) in [6.45, 7) is 0.221. The van der Waals surface area contributed by atoms with Crippen LogP contribution < -0.4 is 5.56 Å². The average molecular weight is 427 g/mol. The maximum Gasteiger partial charge on any atom is 0.416 e. The van der Waals surface area contributed by atoms with Gasteiger partial charge in [0.2, 0.25) is 5.91 Å². The molecule has 0 saturated carbocycles. The average Bonchev–Trinajstić information content (AvgIpc) is 3.10. The Morgan fingerprint density at radius 2 is 2.00 bits per heavy atom. The molecular weight excluding hydrogens is 411 g/mol. The van der Waals surface area contributed by atoms with Crippen molar-refractivity contribution in [3.05, 3.63) is 69.1 Å². The van der Waals surface area contributed by atoms with Gasteiger partial charge < -0.3 is 4.90 Å². The Balaban J connectivity index is 1.52. The van der Waals surface area contributed by atoms with Crippen LogP contribution in [0.5, 0.6) is 0 Å². The molecule has 0 saturated heterocycles. The van der Waals surface area contributed by atoms with E-state index < -0.39 is 11.7 Å². The minimum atomic E-state index is -4.38. The van der Waals surface area contributed by atoms with Crippen molar-refractivity contribution in [3.63, 3.8) is 0 Å². The second-order valence-corrected chi connectivity index (χ2v) is 7.94. The lowest BCUT2D eigenvalue weighted by Crippen LogP contribution is -2.28. The van der Waals surface area contributed by atoms with Crippen LogP contribution in [0.1, 0.15) is 16.8 Å². The van der Waals surface area contributed by atoms with Crippen LogP contribution in [0, 0.1) is 0 Å². The first-order valence-electron chi connectivity index (χ1n) is 8.17. The molecule has 2 heterocycles. The smallest absolute Gasteiger partial charge is 0.341 e. The summed E-state index contributed by atoms with van der Waals surface area (Å²) in [6, 6.07) is 6.20. The third-order valence-electron chi connectivity index (χ3n) is 3.96. The normalized spacial score (nSPS) is 11.7. The molecular formula is C18H16F3N3O2S2. The molecule has 10 heteroatoms. The van der Waals surface area contributed by atoms with Crippen LogP contribution in [0.2, 0.25) is 0 Å². The molecule has 0 atom stereocenters. The van der Waals surface area contributed by atoms with E-state index in [9.17, 15) is 22.8 Å². The van der Waals surface area contributed by atoms with Gasteiger partial charge in [0.1, 0.15) is 0 Å². The SMILES string of the molecule is CN(Cc1ccc(C(F)(F)F)cc1)C(=O)CSCc1cc(=O)n2ccsc2n1. The summed E-state index contributed by atoms with van der Waals surface area (Å²) in [4.78, 5) is 30.6. The van der Waals surface area contributed by atoms with Crippen LogP contribution in [0.25, 0.3) is 4.96 Å². The lowest BCUT2D eigenvalue weighted by Gasteiger charge is -2.17. The molecule has 0 N–H and O–H groups in total. The zero-order valence-electron chi connectivity index (χ0n) is 14.8. The molecule has 0 radical (unpaired) electrons. The van der Waals surface area contributed by atoms with Crippen molar-refractivity contribution in [1.82, 2.24) is 14.3 Å². The molecule has 0 unspecified atom stereocenters. The van der Waals surface area contributed by atoms with Gasteiger partial charge in [0.05, 0.1) is 17.0 Å². The lowest BCUT2D eigenvalue weighted by atomic mass is 10.1. The fourth-order valence-electron chi connectivity index (χ4n) is 2.48. The maximum absolute atomic E-state index is 12.6. The van der Waals surface area contributed by atoms with Crippen LogP contribution in [-0.4, -0.2) is 33.0 Å². The second kappa shape index (κ2) is 8.36. The molecule has 0 aliphatic carbocycles. The van der Waals surface area contributed by atoms with Gasteiger partial charge >= 0.3 is 6.18 Å². The first-order chi connectivity index (χ1) is 13.2. The highest BCUT2D eigenvalue weighted by molar-refractivity contribution is 7.99. The van der Waals surface area contributed by atoms with Gasteiger partial charge in [0, 0.05) is 37.0 Å². The Bertz CT molecular complexity index is 1030. The number of thiazole rings is 1. The Kier molecular flexibility index (Phi) is 6.09. The van der Waals surface area contributed by atoms with Gasteiger partial charge in [-0.3, -0.25) is 14.0 Å². The van der Waals surface area contributed by atoms with E-state index in [2.05, 4.69) is 4.98 Å².